The van der Waals surface area contributed by atoms with Gasteiger partial charge in [0.15, 0.2) is 11.1 Å². The van der Waals surface area contributed by atoms with Gasteiger partial charge in [0.1, 0.15) is 0 Å². The van der Waals surface area contributed by atoms with E-state index in [0.29, 0.717) is 0 Å². The summed E-state index contributed by atoms with van der Waals surface area (Å²) in [6.45, 7) is 9.68. The van der Waals surface area contributed by atoms with E-state index >= 15 is 0 Å². The largest absolute Gasteiger partial charge is 0.463 e. The monoisotopic (exact) mass is 358 g/mol. The molecule has 0 aliphatic heterocycles. The first kappa shape index (κ1) is 24.0. The molecule has 0 rings (SSSR count). The number of esters is 1. The molecule has 0 unspecified atom stereocenters. The summed E-state index contributed by atoms with van der Waals surface area (Å²) >= 11 is 0. The molecule has 0 saturated heterocycles. The minimum Gasteiger partial charge on any atom is -0.463 e. The molecule has 10 heteroatoms. The van der Waals surface area contributed by atoms with Gasteiger partial charge in [-0.05, 0) is 34.1 Å². The number of hydrogen-bond acceptors (Lipinski definition) is 8. The molecule has 0 aromatic rings. The number of nitriles is 2. The first-order chi connectivity index (χ1) is 10.8. The van der Waals surface area contributed by atoms with E-state index in [9.17, 15) is 13.2 Å². The lowest BCUT2D eigenvalue weighted by Crippen LogP contribution is -2.17. The molecule has 24 heavy (non-hydrogen) atoms. The molecule has 1 N–H and O–H groups in total. The van der Waals surface area contributed by atoms with E-state index in [1.807, 2.05) is 12.1 Å². The van der Waals surface area contributed by atoms with Gasteiger partial charge < -0.3 is 4.74 Å². The third-order valence-corrected chi connectivity index (χ3v) is 2.86. The summed E-state index contributed by atoms with van der Waals surface area (Å²) in [5.41, 5.74) is -1.68. The molecule has 0 aliphatic carbocycles. The van der Waals surface area contributed by atoms with Crippen LogP contribution in [0, 0.1) is 22.7 Å². The molecule has 134 valence electrons. The summed E-state index contributed by atoms with van der Waals surface area (Å²) in [5.74, 6) is -1.01. The highest BCUT2D eigenvalue weighted by Gasteiger charge is 2.19. The number of nitrogens with zero attached hydrogens (tertiary/aromatic N) is 4. The Morgan fingerprint density at radius 1 is 1.21 bits per heavy atom. The van der Waals surface area contributed by atoms with Crippen LogP contribution in [0.4, 0.5) is 0 Å². The third-order valence-electron chi connectivity index (χ3n) is 2.05. The van der Waals surface area contributed by atoms with Crippen molar-refractivity contribution < 1.29 is 22.5 Å². The van der Waals surface area contributed by atoms with E-state index in [2.05, 4.69) is 21.5 Å². The highest BCUT2D eigenvalue weighted by molar-refractivity contribution is 7.85. The van der Waals surface area contributed by atoms with Crippen LogP contribution in [0.5, 0.6) is 0 Å². The number of carbonyl (C=O) groups excluding carboxylic acids is 1. The first-order valence-electron chi connectivity index (χ1n) is 6.79. The van der Waals surface area contributed by atoms with Crippen LogP contribution in [0.2, 0.25) is 0 Å². The van der Waals surface area contributed by atoms with E-state index in [1.165, 1.54) is 0 Å². The van der Waals surface area contributed by atoms with E-state index in [1.54, 1.807) is 27.7 Å². The number of hydrogen-bond donors (Lipinski definition) is 1. The fourth-order valence-corrected chi connectivity index (χ4v) is 1.25. The Balaban J connectivity index is 0. The summed E-state index contributed by atoms with van der Waals surface area (Å²) in [7, 11) is -3.95. The lowest BCUT2D eigenvalue weighted by atomic mass is 10.1. The topological polar surface area (TPSA) is 153 Å². The van der Waals surface area contributed by atoms with Crippen LogP contribution in [0.1, 0.15) is 34.1 Å². The molecule has 0 aliphatic rings. The molecule has 0 atom stereocenters. The van der Waals surface area contributed by atoms with Gasteiger partial charge in [-0.25, -0.2) is 4.79 Å². The fourth-order valence-electron chi connectivity index (χ4n) is 0.768. The zero-order valence-electron chi connectivity index (χ0n) is 14.2. The van der Waals surface area contributed by atoms with Crippen molar-refractivity contribution in [2.45, 2.75) is 45.2 Å². The van der Waals surface area contributed by atoms with Gasteiger partial charge in [0.25, 0.3) is 10.1 Å². The highest BCUT2D eigenvalue weighted by atomic mass is 32.2. The average Bonchev–Trinajstić information content (AvgIpc) is 2.49. The van der Waals surface area contributed by atoms with Crippen LogP contribution in [-0.2, 0) is 19.6 Å². The Kier molecular flexibility index (Phi) is 10.5. The van der Waals surface area contributed by atoms with Crippen LogP contribution >= 0.6 is 0 Å². The predicted octanol–water partition coefficient (Wildman–Crippen LogP) is 2.04. The average molecular weight is 358 g/mol. The van der Waals surface area contributed by atoms with Gasteiger partial charge in [-0.1, -0.05) is 6.58 Å². The summed E-state index contributed by atoms with van der Waals surface area (Å²) in [4.78, 5) is 10.4. The van der Waals surface area contributed by atoms with Crippen LogP contribution in [-0.4, -0.2) is 42.4 Å². The van der Waals surface area contributed by atoms with E-state index < -0.39 is 32.9 Å². The number of ether oxygens (including phenoxy) is 1. The lowest BCUT2D eigenvalue weighted by Gasteiger charge is -2.11. The molecule has 0 radical (unpaired) electrons. The number of azo groups is 1. The van der Waals surface area contributed by atoms with Gasteiger partial charge in [0, 0.05) is 6.08 Å². The Bertz CT molecular complexity index is 611. The maximum absolute atomic E-state index is 10.4. The van der Waals surface area contributed by atoms with Crippen LogP contribution in [0.3, 0.4) is 0 Å². The van der Waals surface area contributed by atoms with Gasteiger partial charge in [-0.2, -0.15) is 29.2 Å². The van der Waals surface area contributed by atoms with Crippen LogP contribution in [0.25, 0.3) is 0 Å². The Hall–Kier alpha value is -2.30. The summed E-state index contributed by atoms with van der Waals surface area (Å²) in [6.07, 6.45) is 1.06. The molecule has 0 heterocycles. The van der Waals surface area contributed by atoms with E-state index in [-0.39, 0.29) is 13.0 Å². The Labute approximate surface area is 142 Å². The maximum Gasteiger partial charge on any atom is 0.330 e. The molecule has 0 bridgehead atoms. The van der Waals surface area contributed by atoms with Crippen LogP contribution in [0.15, 0.2) is 22.9 Å². The summed E-state index contributed by atoms with van der Waals surface area (Å²) in [6, 6.07) is 3.94. The lowest BCUT2D eigenvalue weighted by molar-refractivity contribution is -0.137. The number of rotatable bonds is 7. The zero-order valence-corrected chi connectivity index (χ0v) is 15.0. The summed E-state index contributed by atoms with van der Waals surface area (Å²) in [5, 5.41) is 24.7. The first-order valence-corrected chi connectivity index (χ1v) is 8.40. The van der Waals surface area contributed by atoms with Crippen molar-refractivity contribution >= 4 is 16.1 Å². The molecule has 9 nitrogen and oxygen atoms in total. The van der Waals surface area contributed by atoms with Crippen molar-refractivity contribution in [3.05, 3.63) is 12.7 Å². The highest BCUT2D eigenvalue weighted by Crippen LogP contribution is 2.13. The molecule has 0 aromatic carbocycles. The smallest absolute Gasteiger partial charge is 0.330 e. The molecule has 0 aromatic heterocycles. The minimum atomic E-state index is -3.95. The van der Waals surface area contributed by atoms with Gasteiger partial charge in [0.05, 0.1) is 24.5 Å². The van der Waals surface area contributed by atoms with Gasteiger partial charge in [0.2, 0.25) is 0 Å². The molecule has 0 amide bonds. The predicted molar refractivity (Wildman–Crippen MR) is 86.4 cm³/mol. The van der Waals surface area contributed by atoms with Crippen molar-refractivity contribution in [1.29, 1.82) is 10.5 Å². The third kappa shape index (κ3) is 16.1. The quantitative estimate of drug-likeness (QED) is 0.240. The normalized spacial score (nSPS) is 11.6. The second-order valence-corrected chi connectivity index (χ2v) is 7.12. The Morgan fingerprint density at radius 3 is 1.92 bits per heavy atom. The second-order valence-electron chi connectivity index (χ2n) is 5.55. The van der Waals surface area contributed by atoms with Crippen molar-refractivity contribution in [3.63, 3.8) is 0 Å². The standard InChI is InChI=1S/C8H12N4.C6H10O5S/c1-7(2,5-9)11-12-8(3,4)6-10;1-2-6(7)11-4-3-5-12(8,9)10/h1-4H3;2H,1,3-5H2,(H,8,9,10). The molecule has 0 fully saturated rings. The second kappa shape index (κ2) is 10.5. The molecular weight excluding hydrogens is 336 g/mol. The van der Waals surface area contributed by atoms with Gasteiger partial charge in [-0.15, -0.1) is 0 Å². The van der Waals surface area contributed by atoms with Crippen molar-refractivity contribution in [3.8, 4) is 12.1 Å². The fraction of sp³-hybridized carbons (Fsp3) is 0.643. The van der Waals surface area contributed by atoms with Crippen molar-refractivity contribution in [1.82, 2.24) is 0 Å². The van der Waals surface area contributed by atoms with E-state index in [4.69, 9.17) is 15.1 Å². The zero-order chi connectivity index (χ0) is 19.4. The minimum absolute atomic E-state index is 0.0371. The summed E-state index contributed by atoms with van der Waals surface area (Å²) < 4.78 is 33.0. The van der Waals surface area contributed by atoms with Crippen molar-refractivity contribution in [2.75, 3.05) is 12.4 Å². The van der Waals surface area contributed by atoms with Gasteiger partial charge >= 0.3 is 5.97 Å². The number of carbonyl (C=O) groups is 1. The molecule has 0 spiro atoms. The van der Waals surface area contributed by atoms with Crippen molar-refractivity contribution in [2.24, 2.45) is 10.2 Å². The maximum atomic E-state index is 10.4. The Morgan fingerprint density at radius 2 is 1.62 bits per heavy atom. The van der Waals surface area contributed by atoms with E-state index in [0.717, 1.165) is 6.08 Å². The molecular formula is C14H22N4O5S. The SMILES string of the molecule is C=CC(=O)OCCCS(=O)(=O)O.CC(C)(C#N)N=NC(C)(C)C#N. The molecule has 0 saturated carbocycles. The van der Waals surface area contributed by atoms with Gasteiger partial charge in [-0.3, -0.25) is 4.55 Å². The van der Waals surface area contributed by atoms with Crippen LogP contribution < -0.4 is 0 Å².